The van der Waals surface area contributed by atoms with Crippen LogP contribution in [0.15, 0.2) is 42.7 Å². The van der Waals surface area contributed by atoms with Crippen molar-refractivity contribution in [3.8, 4) is 5.69 Å². The summed E-state index contributed by atoms with van der Waals surface area (Å²) in [5.74, 6) is 0. The molecule has 0 spiro atoms. The summed E-state index contributed by atoms with van der Waals surface area (Å²) in [4.78, 5) is 1.47. The molecule has 21 heavy (non-hydrogen) atoms. The van der Waals surface area contributed by atoms with Gasteiger partial charge in [-0.15, -0.1) is 0 Å². The molecule has 0 radical (unpaired) electrons. The SMILES string of the molecule is CCn1ncc(Cl)c1C(O)c1cnn(-c2ccccc2)n1. The number of aliphatic hydroxyl groups is 1. The fourth-order valence-electron chi connectivity index (χ4n) is 2.12. The lowest BCUT2D eigenvalue weighted by atomic mass is 10.2. The average Bonchev–Trinajstić information content (AvgIpc) is 3.14. The first-order valence-electron chi connectivity index (χ1n) is 6.57. The van der Waals surface area contributed by atoms with E-state index in [-0.39, 0.29) is 0 Å². The van der Waals surface area contributed by atoms with E-state index in [1.54, 1.807) is 4.68 Å². The Morgan fingerprint density at radius 3 is 2.67 bits per heavy atom. The van der Waals surface area contributed by atoms with Gasteiger partial charge in [-0.05, 0) is 19.1 Å². The minimum atomic E-state index is -0.961. The highest BCUT2D eigenvalue weighted by molar-refractivity contribution is 6.31. The van der Waals surface area contributed by atoms with Crippen LogP contribution in [0.5, 0.6) is 0 Å². The molecule has 6 nitrogen and oxygen atoms in total. The molecule has 2 aromatic heterocycles. The lowest BCUT2D eigenvalue weighted by Crippen LogP contribution is -2.10. The topological polar surface area (TPSA) is 68.8 Å². The highest BCUT2D eigenvalue weighted by Crippen LogP contribution is 2.27. The van der Waals surface area contributed by atoms with Gasteiger partial charge < -0.3 is 5.11 Å². The van der Waals surface area contributed by atoms with Crippen LogP contribution in [-0.4, -0.2) is 29.9 Å². The van der Waals surface area contributed by atoms with E-state index in [1.165, 1.54) is 17.2 Å². The van der Waals surface area contributed by atoms with E-state index in [2.05, 4.69) is 15.3 Å². The summed E-state index contributed by atoms with van der Waals surface area (Å²) < 4.78 is 1.65. The Hall–Kier alpha value is -2.18. The van der Waals surface area contributed by atoms with Gasteiger partial charge in [0.1, 0.15) is 11.8 Å². The highest BCUT2D eigenvalue weighted by Gasteiger charge is 2.22. The zero-order chi connectivity index (χ0) is 14.8. The average molecular weight is 304 g/mol. The number of nitrogens with zero attached hydrogens (tertiary/aromatic N) is 5. The van der Waals surface area contributed by atoms with Crippen molar-refractivity contribution >= 4 is 11.6 Å². The Morgan fingerprint density at radius 1 is 1.19 bits per heavy atom. The number of rotatable bonds is 4. The van der Waals surface area contributed by atoms with Crippen LogP contribution in [0.3, 0.4) is 0 Å². The number of hydrogen-bond acceptors (Lipinski definition) is 4. The first kappa shape index (κ1) is 13.8. The van der Waals surface area contributed by atoms with Gasteiger partial charge in [0.2, 0.25) is 0 Å². The fraction of sp³-hybridized carbons (Fsp3) is 0.214. The Kier molecular flexibility index (Phi) is 3.72. The van der Waals surface area contributed by atoms with Crippen LogP contribution in [0.25, 0.3) is 5.69 Å². The van der Waals surface area contributed by atoms with Gasteiger partial charge in [-0.1, -0.05) is 29.8 Å². The lowest BCUT2D eigenvalue weighted by Gasteiger charge is -2.10. The van der Waals surface area contributed by atoms with Crippen LogP contribution in [0.1, 0.15) is 24.4 Å². The summed E-state index contributed by atoms with van der Waals surface area (Å²) >= 11 is 6.09. The molecule has 3 rings (SSSR count). The molecule has 1 unspecified atom stereocenters. The predicted octanol–water partition coefficient (Wildman–Crippen LogP) is 2.22. The summed E-state index contributed by atoms with van der Waals surface area (Å²) in [5, 5.41) is 23.5. The normalized spacial score (nSPS) is 12.5. The van der Waals surface area contributed by atoms with E-state index in [4.69, 9.17) is 11.6 Å². The molecular weight excluding hydrogens is 290 g/mol. The molecule has 2 heterocycles. The maximum atomic E-state index is 10.5. The molecule has 1 aromatic carbocycles. The molecule has 1 atom stereocenters. The van der Waals surface area contributed by atoms with Crippen LogP contribution in [0.4, 0.5) is 0 Å². The Balaban J connectivity index is 1.94. The second-order valence-corrected chi connectivity index (χ2v) is 4.90. The Morgan fingerprint density at radius 2 is 1.95 bits per heavy atom. The van der Waals surface area contributed by atoms with E-state index in [0.717, 1.165) is 5.69 Å². The van der Waals surface area contributed by atoms with Gasteiger partial charge in [-0.25, -0.2) is 0 Å². The number of aryl methyl sites for hydroxylation is 1. The Bertz CT molecular complexity index is 737. The van der Waals surface area contributed by atoms with Gasteiger partial charge in [0.15, 0.2) is 0 Å². The summed E-state index contributed by atoms with van der Waals surface area (Å²) in [6.45, 7) is 2.55. The Labute approximate surface area is 126 Å². The molecule has 0 aliphatic rings. The van der Waals surface area contributed by atoms with Gasteiger partial charge in [-0.3, -0.25) is 4.68 Å². The summed E-state index contributed by atoms with van der Waals surface area (Å²) in [5.41, 5.74) is 1.78. The third kappa shape index (κ3) is 2.55. The smallest absolute Gasteiger partial charge is 0.142 e. The summed E-state index contributed by atoms with van der Waals surface area (Å²) in [7, 11) is 0. The first-order chi connectivity index (χ1) is 10.2. The number of benzene rings is 1. The number of hydrogen-bond donors (Lipinski definition) is 1. The van der Waals surface area contributed by atoms with Crippen molar-refractivity contribution in [2.24, 2.45) is 0 Å². The molecule has 0 bridgehead atoms. The highest BCUT2D eigenvalue weighted by atomic mass is 35.5. The van der Waals surface area contributed by atoms with Crippen LogP contribution < -0.4 is 0 Å². The largest absolute Gasteiger partial charge is 0.380 e. The molecule has 0 aliphatic heterocycles. The lowest BCUT2D eigenvalue weighted by molar-refractivity contribution is 0.202. The van der Waals surface area contributed by atoms with Crippen LogP contribution in [-0.2, 0) is 6.54 Å². The van der Waals surface area contributed by atoms with E-state index in [0.29, 0.717) is 23.0 Å². The van der Waals surface area contributed by atoms with Gasteiger partial charge >= 0.3 is 0 Å². The molecule has 7 heteroatoms. The van der Waals surface area contributed by atoms with Crippen LogP contribution >= 0.6 is 11.6 Å². The maximum Gasteiger partial charge on any atom is 0.142 e. The van der Waals surface area contributed by atoms with Crippen molar-refractivity contribution in [2.45, 2.75) is 19.6 Å². The van der Waals surface area contributed by atoms with Crippen molar-refractivity contribution in [3.05, 3.63) is 59.1 Å². The van der Waals surface area contributed by atoms with E-state index in [9.17, 15) is 5.11 Å². The molecular formula is C14H14ClN5O. The molecule has 108 valence electrons. The second-order valence-electron chi connectivity index (χ2n) is 4.49. The zero-order valence-corrected chi connectivity index (χ0v) is 12.1. The molecule has 3 aromatic rings. The molecule has 0 amide bonds. The van der Waals surface area contributed by atoms with Crippen molar-refractivity contribution < 1.29 is 5.11 Å². The van der Waals surface area contributed by atoms with Gasteiger partial charge in [-0.2, -0.15) is 20.1 Å². The molecule has 0 fully saturated rings. The van der Waals surface area contributed by atoms with Crippen molar-refractivity contribution in [1.29, 1.82) is 0 Å². The third-order valence-electron chi connectivity index (χ3n) is 3.17. The summed E-state index contributed by atoms with van der Waals surface area (Å²) in [6, 6.07) is 9.50. The molecule has 1 N–H and O–H groups in total. The number of halogens is 1. The van der Waals surface area contributed by atoms with Crippen molar-refractivity contribution in [3.63, 3.8) is 0 Å². The zero-order valence-electron chi connectivity index (χ0n) is 11.4. The number of aromatic nitrogens is 5. The van der Waals surface area contributed by atoms with Crippen molar-refractivity contribution in [1.82, 2.24) is 24.8 Å². The van der Waals surface area contributed by atoms with Crippen LogP contribution in [0.2, 0.25) is 5.02 Å². The van der Waals surface area contributed by atoms with Gasteiger partial charge in [0, 0.05) is 6.54 Å². The standard InChI is InChI=1S/C14H14ClN5O/c1-2-19-13(11(15)8-16-19)14(21)12-9-17-20(18-12)10-6-4-3-5-7-10/h3-9,14,21H,2H2,1H3. The minimum Gasteiger partial charge on any atom is -0.380 e. The maximum absolute atomic E-state index is 10.5. The molecule has 0 aliphatic carbocycles. The van der Waals surface area contributed by atoms with Crippen LogP contribution in [0, 0.1) is 0 Å². The minimum absolute atomic E-state index is 0.415. The monoisotopic (exact) mass is 303 g/mol. The molecule has 0 saturated heterocycles. The predicted molar refractivity (Wildman–Crippen MR) is 78.3 cm³/mol. The van der Waals surface area contributed by atoms with Crippen molar-refractivity contribution in [2.75, 3.05) is 0 Å². The van der Waals surface area contributed by atoms with E-state index < -0.39 is 6.10 Å². The van der Waals surface area contributed by atoms with Gasteiger partial charge in [0.25, 0.3) is 0 Å². The fourth-order valence-corrected chi connectivity index (χ4v) is 2.37. The van der Waals surface area contributed by atoms with E-state index in [1.807, 2.05) is 37.3 Å². The quantitative estimate of drug-likeness (QED) is 0.802. The summed E-state index contributed by atoms with van der Waals surface area (Å²) in [6.07, 6.45) is 2.09. The second kappa shape index (κ2) is 5.67. The van der Waals surface area contributed by atoms with E-state index >= 15 is 0 Å². The first-order valence-corrected chi connectivity index (χ1v) is 6.95. The third-order valence-corrected chi connectivity index (χ3v) is 3.46. The van der Waals surface area contributed by atoms with Gasteiger partial charge in [0.05, 0.1) is 28.8 Å². The number of para-hydroxylation sites is 1. The number of aliphatic hydroxyl groups excluding tert-OH is 1. The molecule has 0 saturated carbocycles.